The first kappa shape index (κ1) is 15.2. The van der Waals surface area contributed by atoms with Crippen LogP contribution in [0.5, 0.6) is 0 Å². The minimum atomic E-state index is -4.71. The van der Waals surface area contributed by atoms with Gasteiger partial charge in [0.25, 0.3) is 0 Å². The summed E-state index contributed by atoms with van der Waals surface area (Å²) in [4.78, 5) is 12.5. The minimum absolute atomic E-state index is 0.333. The second-order valence-corrected chi connectivity index (χ2v) is 4.09. The van der Waals surface area contributed by atoms with Crippen molar-refractivity contribution < 1.29 is 27.8 Å². The van der Waals surface area contributed by atoms with Gasteiger partial charge >= 0.3 is 12.1 Å². The Morgan fingerprint density at radius 2 is 2.00 bits per heavy atom. The van der Waals surface area contributed by atoms with E-state index in [0.29, 0.717) is 26.3 Å². The molecule has 0 aromatic rings. The van der Waals surface area contributed by atoms with Gasteiger partial charge in [0, 0.05) is 32.7 Å². The lowest BCUT2D eigenvalue weighted by Gasteiger charge is -2.26. The van der Waals surface area contributed by atoms with Crippen molar-refractivity contribution in [3.8, 4) is 0 Å². The number of carbonyl (C=O) groups is 1. The zero-order valence-electron chi connectivity index (χ0n) is 9.87. The number of nitrogens with one attached hydrogen (secondary N) is 1. The van der Waals surface area contributed by atoms with Crippen LogP contribution in [0.3, 0.4) is 0 Å². The van der Waals surface area contributed by atoms with Crippen molar-refractivity contribution in [1.29, 1.82) is 0 Å². The Balaban J connectivity index is 2.20. The highest BCUT2D eigenvalue weighted by molar-refractivity contribution is 5.71. The van der Waals surface area contributed by atoms with E-state index in [4.69, 9.17) is 9.84 Å². The molecule has 1 fully saturated rings. The Morgan fingerprint density at radius 1 is 1.39 bits per heavy atom. The molecule has 18 heavy (non-hydrogen) atoms. The van der Waals surface area contributed by atoms with E-state index in [-0.39, 0.29) is 0 Å². The smallest absolute Gasteiger partial charge is 0.403 e. The highest BCUT2D eigenvalue weighted by atomic mass is 19.4. The lowest BCUT2D eigenvalue weighted by Crippen LogP contribution is -2.43. The van der Waals surface area contributed by atoms with E-state index in [1.165, 1.54) is 0 Å². The molecule has 0 aliphatic carbocycles. The van der Waals surface area contributed by atoms with Crippen LogP contribution in [0, 0.1) is 5.92 Å². The molecule has 0 bridgehead atoms. The normalized spacial score (nSPS) is 19.7. The predicted octanol–water partition coefficient (Wildman–Crippen LogP) is 0.171. The van der Waals surface area contributed by atoms with Gasteiger partial charge in [-0.05, 0) is 0 Å². The zero-order chi connectivity index (χ0) is 13.6. The molecule has 1 heterocycles. The second kappa shape index (κ2) is 6.91. The van der Waals surface area contributed by atoms with Crippen molar-refractivity contribution in [3.05, 3.63) is 0 Å². The molecule has 1 rings (SSSR count). The van der Waals surface area contributed by atoms with E-state index in [2.05, 4.69) is 10.2 Å². The second-order valence-electron chi connectivity index (χ2n) is 4.09. The highest BCUT2D eigenvalue weighted by Crippen LogP contribution is 2.25. The van der Waals surface area contributed by atoms with Crippen LogP contribution in [0.2, 0.25) is 0 Å². The number of carboxylic acids is 1. The maximum atomic E-state index is 12.3. The number of halogens is 3. The van der Waals surface area contributed by atoms with Gasteiger partial charge in [-0.1, -0.05) is 0 Å². The number of hydrogen-bond acceptors (Lipinski definition) is 4. The molecule has 1 aliphatic rings. The van der Waals surface area contributed by atoms with Gasteiger partial charge in [-0.15, -0.1) is 0 Å². The third kappa shape index (κ3) is 5.19. The molecule has 5 nitrogen and oxygen atoms in total. The van der Waals surface area contributed by atoms with Gasteiger partial charge < -0.3 is 15.2 Å². The summed E-state index contributed by atoms with van der Waals surface area (Å²) in [5.74, 6) is -4.19. The van der Waals surface area contributed by atoms with E-state index in [1.54, 1.807) is 0 Å². The number of nitrogens with zero attached hydrogens (tertiary/aromatic N) is 1. The monoisotopic (exact) mass is 270 g/mol. The van der Waals surface area contributed by atoms with Gasteiger partial charge in [-0.2, -0.15) is 13.2 Å². The summed E-state index contributed by atoms with van der Waals surface area (Å²) in [6.45, 7) is 3.09. The van der Waals surface area contributed by atoms with Crippen LogP contribution in [0.25, 0.3) is 0 Å². The first-order valence-corrected chi connectivity index (χ1v) is 5.71. The topological polar surface area (TPSA) is 61.8 Å². The van der Waals surface area contributed by atoms with Crippen LogP contribution >= 0.6 is 0 Å². The summed E-state index contributed by atoms with van der Waals surface area (Å²) in [5.41, 5.74) is 0. The summed E-state index contributed by atoms with van der Waals surface area (Å²) in [6, 6.07) is 0. The van der Waals surface area contributed by atoms with Gasteiger partial charge in [0.05, 0.1) is 13.2 Å². The van der Waals surface area contributed by atoms with Gasteiger partial charge in [0.15, 0.2) is 5.92 Å². The SMILES string of the molecule is O=C(O)C(CNCCN1CCOCC1)C(F)(F)F. The first-order chi connectivity index (χ1) is 8.41. The fourth-order valence-corrected chi connectivity index (χ4v) is 1.65. The van der Waals surface area contributed by atoms with E-state index >= 15 is 0 Å². The number of aliphatic carboxylic acids is 1. The van der Waals surface area contributed by atoms with E-state index in [1.807, 2.05) is 0 Å². The molecule has 1 saturated heterocycles. The molecule has 0 spiro atoms. The Kier molecular flexibility index (Phi) is 5.83. The van der Waals surface area contributed by atoms with Gasteiger partial charge in [-0.3, -0.25) is 9.69 Å². The number of rotatable bonds is 6. The average Bonchev–Trinajstić information content (AvgIpc) is 2.27. The Labute approximate surface area is 103 Å². The van der Waals surface area contributed by atoms with Gasteiger partial charge in [0.2, 0.25) is 0 Å². The quantitative estimate of drug-likeness (QED) is 0.674. The van der Waals surface area contributed by atoms with E-state index < -0.39 is 24.6 Å². The van der Waals surface area contributed by atoms with Crippen LogP contribution in [0.1, 0.15) is 0 Å². The Morgan fingerprint density at radius 3 is 2.50 bits per heavy atom. The number of alkyl halides is 3. The van der Waals surface area contributed by atoms with Crippen molar-refractivity contribution in [1.82, 2.24) is 10.2 Å². The molecule has 2 N–H and O–H groups in total. The van der Waals surface area contributed by atoms with Crippen molar-refractivity contribution in [2.45, 2.75) is 6.18 Å². The molecule has 0 saturated carbocycles. The molecule has 8 heteroatoms. The Hall–Kier alpha value is -0.860. The molecule has 1 aliphatic heterocycles. The maximum absolute atomic E-state index is 12.3. The Bertz CT molecular complexity index is 268. The zero-order valence-corrected chi connectivity index (χ0v) is 9.87. The number of hydrogen-bond donors (Lipinski definition) is 2. The van der Waals surface area contributed by atoms with Gasteiger partial charge in [-0.25, -0.2) is 0 Å². The largest absolute Gasteiger partial charge is 0.481 e. The van der Waals surface area contributed by atoms with Crippen LogP contribution in [-0.4, -0.2) is 68.1 Å². The third-order valence-corrected chi connectivity index (χ3v) is 2.75. The minimum Gasteiger partial charge on any atom is -0.481 e. The molecule has 0 aromatic carbocycles. The van der Waals surface area contributed by atoms with Crippen molar-refractivity contribution in [2.24, 2.45) is 5.92 Å². The average molecular weight is 270 g/mol. The molecule has 1 atom stereocenters. The highest BCUT2D eigenvalue weighted by Gasteiger charge is 2.44. The number of ether oxygens (including phenoxy) is 1. The van der Waals surface area contributed by atoms with E-state index in [0.717, 1.165) is 13.1 Å². The summed E-state index contributed by atoms with van der Waals surface area (Å²) in [7, 11) is 0. The first-order valence-electron chi connectivity index (χ1n) is 5.71. The molecular formula is C10H17F3N2O3. The van der Waals surface area contributed by atoms with Crippen molar-refractivity contribution in [2.75, 3.05) is 45.9 Å². The van der Waals surface area contributed by atoms with Crippen LogP contribution < -0.4 is 5.32 Å². The molecular weight excluding hydrogens is 253 g/mol. The van der Waals surface area contributed by atoms with Crippen LogP contribution in [0.4, 0.5) is 13.2 Å². The molecule has 0 radical (unpaired) electrons. The molecule has 106 valence electrons. The summed E-state index contributed by atoms with van der Waals surface area (Å²) in [6.07, 6.45) is -4.71. The molecule has 1 unspecified atom stereocenters. The third-order valence-electron chi connectivity index (χ3n) is 2.75. The van der Waals surface area contributed by atoms with Crippen molar-refractivity contribution in [3.63, 3.8) is 0 Å². The summed E-state index contributed by atoms with van der Waals surface area (Å²) < 4.78 is 42.0. The summed E-state index contributed by atoms with van der Waals surface area (Å²) in [5, 5.41) is 11.0. The maximum Gasteiger partial charge on any atom is 0.403 e. The predicted molar refractivity (Wildman–Crippen MR) is 57.3 cm³/mol. The lowest BCUT2D eigenvalue weighted by molar-refractivity contribution is -0.192. The van der Waals surface area contributed by atoms with Gasteiger partial charge in [0.1, 0.15) is 0 Å². The number of morpholine rings is 1. The van der Waals surface area contributed by atoms with Crippen molar-refractivity contribution >= 4 is 5.97 Å². The standard InChI is InChI=1S/C10H17F3N2O3/c11-10(12,13)8(9(16)17)7-14-1-2-15-3-5-18-6-4-15/h8,14H,1-7H2,(H,16,17). The van der Waals surface area contributed by atoms with Crippen LogP contribution in [0.15, 0.2) is 0 Å². The molecule has 0 amide bonds. The fourth-order valence-electron chi connectivity index (χ4n) is 1.65. The molecule has 0 aromatic heterocycles. The van der Waals surface area contributed by atoms with Crippen LogP contribution in [-0.2, 0) is 9.53 Å². The summed E-state index contributed by atoms with van der Waals surface area (Å²) >= 11 is 0. The lowest BCUT2D eigenvalue weighted by atomic mass is 10.1. The fraction of sp³-hybridized carbons (Fsp3) is 0.900. The number of carboxylic acid groups (broad SMARTS) is 1. The van der Waals surface area contributed by atoms with E-state index in [9.17, 15) is 18.0 Å².